The molecule has 0 aliphatic carbocycles. The van der Waals surface area contributed by atoms with Crippen LogP contribution in [0.2, 0.25) is 0 Å². The molecule has 20 heavy (non-hydrogen) atoms. The van der Waals surface area contributed by atoms with Gasteiger partial charge in [-0.2, -0.15) is 0 Å². The maximum atomic E-state index is 12.9. The van der Waals surface area contributed by atoms with Gasteiger partial charge in [-0.3, -0.25) is 0 Å². The third-order valence-electron chi connectivity index (χ3n) is 2.56. The third kappa shape index (κ3) is 3.71. The molecule has 0 aromatic heterocycles. The first-order valence-corrected chi connectivity index (χ1v) is 6.07. The fourth-order valence-corrected chi connectivity index (χ4v) is 1.61. The minimum atomic E-state index is -0.598. The van der Waals surface area contributed by atoms with Gasteiger partial charge in [0.1, 0.15) is 24.8 Å². The van der Waals surface area contributed by atoms with E-state index in [1.165, 1.54) is 6.07 Å². The summed E-state index contributed by atoms with van der Waals surface area (Å²) in [5.41, 5.74) is 5.74. The van der Waals surface area contributed by atoms with Crippen molar-refractivity contribution in [2.45, 2.75) is 0 Å². The van der Waals surface area contributed by atoms with Gasteiger partial charge in [-0.1, -0.05) is 18.2 Å². The summed E-state index contributed by atoms with van der Waals surface area (Å²) in [4.78, 5) is 11.7. The molecule has 0 radical (unpaired) electrons. The van der Waals surface area contributed by atoms with Gasteiger partial charge in [0, 0.05) is 5.69 Å². The van der Waals surface area contributed by atoms with Gasteiger partial charge in [0.25, 0.3) is 0 Å². The molecular formula is C15H14FNO3. The predicted molar refractivity (Wildman–Crippen MR) is 73.0 cm³/mol. The Morgan fingerprint density at radius 3 is 2.55 bits per heavy atom. The lowest BCUT2D eigenvalue weighted by molar-refractivity contribution is 0.0451. The average molecular weight is 275 g/mol. The van der Waals surface area contributed by atoms with Crippen LogP contribution in [0.4, 0.5) is 10.1 Å². The summed E-state index contributed by atoms with van der Waals surface area (Å²) in [7, 11) is 0. The van der Waals surface area contributed by atoms with E-state index < -0.39 is 11.8 Å². The van der Waals surface area contributed by atoms with Crippen molar-refractivity contribution in [1.82, 2.24) is 0 Å². The Labute approximate surface area is 115 Å². The number of carbonyl (C=O) groups excluding carboxylic acids is 1. The van der Waals surface area contributed by atoms with Crippen molar-refractivity contribution in [3.8, 4) is 5.75 Å². The number of nitrogen functional groups attached to an aromatic ring is 1. The van der Waals surface area contributed by atoms with Crippen LogP contribution in [-0.2, 0) is 4.74 Å². The second-order valence-corrected chi connectivity index (χ2v) is 4.03. The van der Waals surface area contributed by atoms with E-state index in [1.807, 2.05) is 18.2 Å². The van der Waals surface area contributed by atoms with Gasteiger partial charge in [0.05, 0.1) is 5.56 Å². The van der Waals surface area contributed by atoms with Crippen LogP contribution in [0.3, 0.4) is 0 Å². The van der Waals surface area contributed by atoms with Crippen molar-refractivity contribution >= 4 is 11.7 Å². The largest absolute Gasteiger partial charge is 0.490 e. The van der Waals surface area contributed by atoms with Gasteiger partial charge in [0.15, 0.2) is 0 Å². The highest BCUT2D eigenvalue weighted by atomic mass is 19.1. The van der Waals surface area contributed by atoms with Gasteiger partial charge in [-0.05, 0) is 30.3 Å². The van der Waals surface area contributed by atoms with E-state index in [-0.39, 0.29) is 24.5 Å². The molecule has 0 aliphatic heterocycles. The summed E-state index contributed by atoms with van der Waals surface area (Å²) < 4.78 is 23.2. The second-order valence-electron chi connectivity index (χ2n) is 4.03. The van der Waals surface area contributed by atoms with E-state index in [1.54, 1.807) is 12.1 Å². The molecule has 0 atom stereocenters. The summed E-state index contributed by atoms with van der Waals surface area (Å²) in [5.74, 6) is -0.393. The molecule has 2 aromatic carbocycles. The molecule has 2 aromatic rings. The third-order valence-corrected chi connectivity index (χ3v) is 2.56. The summed E-state index contributed by atoms with van der Waals surface area (Å²) >= 11 is 0. The first-order valence-electron chi connectivity index (χ1n) is 6.07. The Kier molecular flexibility index (Phi) is 4.55. The number of hydrogen-bond donors (Lipinski definition) is 1. The molecule has 0 heterocycles. The maximum absolute atomic E-state index is 12.9. The lowest BCUT2D eigenvalue weighted by Gasteiger charge is -2.08. The Hall–Kier alpha value is -2.56. The molecule has 0 saturated carbocycles. The van der Waals surface area contributed by atoms with Gasteiger partial charge < -0.3 is 15.2 Å². The zero-order chi connectivity index (χ0) is 14.4. The normalized spacial score (nSPS) is 10.1. The standard InChI is InChI=1S/C15H14FNO3/c16-11-6-7-13(14(17)10-11)15(18)20-9-8-19-12-4-2-1-3-5-12/h1-7,10H,8-9,17H2. The van der Waals surface area contributed by atoms with E-state index in [0.717, 1.165) is 12.1 Å². The number of anilines is 1. The van der Waals surface area contributed by atoms with Crippen LogP contribution in [0.25, 0.3) is 0 Å². The number of para-hydroxylation sites is 1. The number of rotatable bonds is 5. The number of nitrogens with two attached hydrogens (primary N) is 1. The number of halogens is 1. The number of ether oxygens (including phenoxy) is 2. The highest BCUT2D eigenvalue weighted by molar-refractivity contribution is 5.94. The van der Waals surface area contributed by atoms with Gasteiger partial charge in [-0.25, -0.2) is 9.18 Å². The Bertz CT molecular complexity index is 587. The fourth-order valence-electron chi connectivity index (χ4n) is 1.61. The van der Waals surface area contributed by atoms with Gasteiger partial charge in [0.2, 0.25) is 0 Å². The molecule has 0 amide bonds. The van der Waals surface area contributed by atoms with Gasteiger partial charge >= 0.3 is 5.97 Å². The van der Waals surface area contributed by atoms with Crippen molar-refractivity contribution < 1.29 is 18.7 Å². The van der Waals surface area contributed by atoms with Crippen LogP contribution < -0.4 is 10.5 Å². The molecular weight excluding hydrogens is 261 g/mol. The lowest BCUT2D eigenvalue weighted by atomic mass is 10.2. The minimum Gasteiger partial charge on any atom is -0.490 e. The van der Waals surface area contributed by atoms with Gasteiger partial charge in [-0.15, -0.1) is 0 Å². The molecule has 2 N–H and O–H groups in total. The van der Waals surface area contributed by atoms with Crippen LogP contribution in [-0.4, -0.2) is 19.2 Å². The molecule has 0 saturated heterocycles. The van der Waals surface area contributed by atoms with Crippen LogP contribution in [0.15, 0.2) is 48.5 Å². The van der Waals surface area contributed by atoms with Crippen molar-refractivity contribution in [2.24, 2.45) is 0 Å². The van der Waals surface area contributed by atoms with Crippen LogP contribution >= 0.6 is 0 Å². The summed E-state index contributed by atoms with van der Waals surface area (Å²) in [6.45, 7) is 0.321. The number of carbonyl (C=O) groups is 1. The van der Waals surface area contributed by atoms with Crippen LogP contribution in [0.5, 0.6) is 5.75 Å². The molecule has 0 fully saturated rings. The van der Waals surface area contributed by atoms with Crippen molar-refractivity contribution in [3.05, 3.63) is 59.9 Å². The van der Waals surface area contributed by atoms with Crippen LogP contribution in [0.1, 0.15) is 10.4 Å². The van der Waals surface area contributed by atoms with E-state index in [4.69, 9.17) is 15.2 Å². The quantitative estimate of drug-likeness (QED) is 0.517. The minimum absolute atomic E-state index is 0.0546. The van der Waals surface area contributed by atoms with E-state index in [2.05, 4.69) is 0 Å². The summed E-state index contributed by atoms with van der Waals surface area (Å²) in [5, 5.41) is 0. The molecule has 0 bridgehead atoms. The predicted octanol–water partition coefficient (Wildman–Crippen LogP) is 2.64. The molecule has 4 nitrogen and oxygen atoms in total. The lowest BCUT2D eigenvalue weighted by Crippen LogP contribution is -2.13. The van der Waals surface area contributed by atoms with Crippen molar-refractivity contribution in [1.29, 1.82) is 0 Å². The average Bonchev–Trinajstić information content (AvgIpc) is 2.44. The van der Waals surface area contributed by atoms with Crippen molar-refractivity contribution in [3.63, 3.8) is 0 Å². The monoisotopic (exact) mass is 275 g/mol. The highest BCUT2D eigenvalue weighted by Crippen LogP contribution is 2.14. The van der Waals surface area contributed by atoms with Crippen LogP contribution in [0, 0.1) is 5.82 Å². The summed E-state index contributed by atoms with van der Waals surface area (Å²) in [6, 6.07) is 12.7. The first kappa shape index (κ1) is 13.9. The Morgan fingerprint density at radius 1 is 1.10 bits per heavy atom. The zero-order valence-corrected chi connectivity index (χ0v) is 10.7. The highest BCUT2D eigenvalue weighted by Gasteiger charge is 2.11. The molecule has 2 rings (SSSR count). The van der Waals surface area contributed by atoms with E-state index >= 15 is 0 Å². The smallest absolute Gasteiger partial charge is 0.340 e. The molecule has 0 aliphatic rings. The Balaban J connectivity index is 1.80. The van der Waals surface area contributed by atoms with E-state index in [0.29, 0.717) is 5.75 Å². The molecule has 0 unspecified atom stereocenters. The zero-order valence-electron chi connectivity index (χ0n) is 10.7. The SMILES string of the molecule is Nc1cc(F)ccc1C(=O)OCCOc1ccccc1. The Morgan fingerprint density at radius 2 is 1.85 bits per heavy atom. The van der Waals surface area contributed by atoms with E-state index in [9.17, 15) is 9.18 Å². The molecule has 0 spiro atoms. The molecule has 104 valence electrons. The number of esters is 1. The number of hydrogen-bond acceptors (Lipinski definition) is 4. The number of benzene rings is 2. The first-order chi connectivity index (χ1) is 9.66. The fraction of sp³-hybridized carbons (Fsp3) is 0.133. The maximum Gasteiger partial charge on any atom is 0.340 e. The topological polar surface area (TPSA) is 61.6 Å². The van der Waals surface area contributed by atoms with Crippen molar-refractivity contribution in [2.75, 3.05) is 18.9 Å². The molecule has 5 heteroatoms. The second kappa shape index (κ2) is 6.56. The summed E-state index contributed by atoms with van der Waals surface area (Å²) in [6.07, 6.45) is 0.